The Morgan fingerprint density at radius 2 is 1.53 bits per heavy atom. The summed E-state index contributed by atoms with van der Waals surface area (Å²) in [5.74, 6) is -0.817. The van der Waals surface area contributed by atoms with Gasteiger partial charge in [0.05, 0.1) is 24.4 Å². The Balaban J connectivity index is 1.47. The van der Waals surface area contributed by atoms with Crippen LogP contribution in [-0.4, -0.2) is 62.5 Å². The molecule has 0 aliphatic carbocycles. The lowest BCUT2D eigenvalue weighted by molar-refractivity contribution is -0.145. The molecule has 2 amide bonds. The second-order valence-electron chi connectivity index (χ2n) is 7.56. The van der Waals surface area contributed by atoms with E-state index in [1.807, 2.05) is 59.5 Å². The van der Waals surface area contributed by atoms with E-state index in [1.54, 1.807) is 4.90 Å². The summed E-state index contributed by atoms with van der Waals surface area (Å²) in [5.41, 5.74) is 2.45. The molecule has 156 valence electrons. The average molecular weight is 407 g/mol. The topological polar surface area (TPSA) is 70.2 Å². The van der Waals surface area contributed by atoms with E-state index in [0.29, 0.717) is 38.3 Å². The minimum absolute atomic E-state index is 0.0409. The molecule has 2 heterocycles. The van der Waals surface area contributed by atoms with Crippen LogP contribution in [0.3, 0.4) is 0 Å². The van der Waals surface area contributed by atoms with Crippen LogP contribution >= 0.6 is 0 Å². The summed E-state index contributed by atoms with van der Waals surface area (Å²) in [6.07, 6.45) is 0.167. The van der Waals surface area contributed by atoms with Crippen molar-refractivity contribution in [3.05, 3.63) is 60.2 Å². The Bertz CT molecular complexity index is 938. The van der Waals surface area contributed by atoms with Crippen LogP contribution in [0.15, 0.2) is 54.6 Å². The number of carbonyl (C=O) groups excluding carboxylic acids is 3. The van der Waals surface area contributed by atoms with Gasteiger partial charge < -0.3 is 19.4 Å². The smallest absolute Gasteiger partial charge is 0.311 e. The van der Waals surface area contributed by atoms with Gasteiger partial charge in [0, 0.05) is 44.7 Å². The molecule has 2 fully saturated rings. The number of benzene rings is 2. The van der Waals surface area contributed by atoms with Crippen LogP contribution in [-0.2, 0) is 14.3 Å². The van der Waals surface area contributed by atoms with Gasteiger partial charge in [-0.05, 0) is 24.3 Å². The Labute approximate surface area is 175 Å². The van der Waals surface area contributed by atoms with Crippen molar-refractivity contribution in [3.8, 4) is 0 Å². The average Bonchev–Trinajstić information content (AvgIpc) is 3.20. The molecular formula is C23H25N3O4. The van der Waals surface area contributed by atoms with Gasteiger partial charge in [-0.15, -0.1) is 0 Å². The molecule has 7 heteroatoms. The van der Waals surface area contributed by atoms with E-state index in [4.69, 9.17) is 4.74 Å². The lowest BCUT2D eigenvalue weighted by Gasteiger charge is -2.37. The van der Waals surface area contributed by atoms with Crippen molar-refractivity contribution >= 4 is 29.2 Å². The molecule has 0 radical (unpaired) electrons. The molecule has 0 bridgehead atoms. The molecule has 0 aromatic heterocycles. The molecule has 1 atom stereocenters. The first-order valence-corrected chi connectivity index (χ1v) is 10.1. The minimum atomic E-state index is -0.434. The van der Waals surface area contributed by atoms with Crippen molar-refractivity contribution in [3.63, 3.8) is 0 Å². The second-order valence-corrected chi connectivity index (χ2v) is 7.56. The number of hydrogen-bond acceptors (Lipinski definition) is 5. The molecule has 2 saturated heterocycles. The van der Waals surface area contributed by atoms with Gasteiger partial charge in [0.2, 0.25) is 5.91 Å². The highest BCUT2D eigenvalue weighted by atomic mass is 16.5. The van der Waals surface area contributed by atoms with E-state index in [-0.39, 0.29) is 24.2 Å². The molecule has 2 aromatic rings. The maximum atomic E-state index is 12.7. The summed E-state index contributed by atoms with van der Waals surface area (Å²) in [6, 6.07) is 17.0. The third-order valence-corrected chi connectivity index (χ3v) is 5.76. The zero-order valence-corrected chi connectivity index (χ0v) is 17.0. The van der Waals surface area contributed by atoms with E-state index in [9.17, 15) is 14.4 Å². The number of esters is 1. The van der Waals surface area contributed by atoms with E-state index in [2.05, 4.69) is 4.90 Å². The summed E-state index contributed by atoms with van der Waals surface area (Å²) < 4.78 is 4.82. The fourth-order valence-corrected chi connectivity index (χ4v) is 4.14. The minimum Gasteiger partial charge on any atom is -0.469 e. The van der Waals surface area contributed by atoms with Crippen molar-refractivity contribution in [1.29, 1.82) is 0 Å². The van der Waals surface area contributed by atoms with Gasteiger partial charge in [-0.1, -0.05) is 30.3 Å². The standard InChI is InChI=1S/C23H25N3O4/c1-30-23(29)18-15-21(27)26(16-18)20-10-6-5-9-19(20)24-11-13-25(14-12-24)22(28)17-7-3-2-4-8-17/h2-10,18H,11-16H2,1H3/t18-/m1/s1. The van der Waals surface area contributed by atoms with Crippen LogP contribution in [0.25, 0.3) is 0 Å². The summed E-state index contributed by atoms with van der Waals surface area (Å²) >= 11 is 0. The van der Waals surface area contributed by atoms with Gasteiger partial charge in [-0.3, -0.25) is 14.4 Å². The van der Waals surface area contributed by atoms with Gasteiger partial charge in [0.25, 0.3) is 5.91 Å². The number of amides is 2. The quantitative estimate of drug-likeness (QED) is 0.727. The Morgan fingerprint density at radius 3 is 2.20 bits per heavy atom. The number of nitrogens with zero attached hydrogens (tertiary/aromatic N) is 3. The normalized spacial score (nSPS) is 19.2. The van der Waals surface area contributed by atoms with Gasteiger partial charge in [0.15, 0.2) is 0 Å². The maximum Gasteiger partial charge on any atom is 0.311 e. The van der Waals surface area contributed by atoms with Crippen LogP contribution in [0.4, 0.5) is 11.4 Å². The number of ether oxygens (including phenoxy) is 1. The van der Waals surface area contributed by atoms with Crippen molar-refractivity contribution in [2.24, 2.45) is 5.92 Å². The number of carbonyl (C=O) groups is 3. The Kier molecular flexibility index (Phi) is 5.70. The van der Waals surface area contributed by atoms with Gasteiger partial charge in [-0.25, -0.2) is 0 Å². The zero-order valence-electron chi connectivity index (χ0n) is 17.0. The molecule has 7 nitrogen and oxygen atoms in total. The highest BCUT2D eigenvalue weighted by Crippen LogP contribution is 2.34. The molecule has 30 heavy (non-hydrogen) atoms. The zero-order chi connectivity index (χ0) is 21.1. The lowest BCUT2D eigenvalue weighted by Crippen LogP contribution is -2.49. The van der Waals surface area contributed by atoms with E-state index in [1.165, 1.54) is 7.11 Å². The van der Waals surface area contributed by atoms with E-state index in [0.717, 1.165) is 11.4 Å². The first-order chi connectivity index (χ1) is 14.6. The summed E-state index contributed by atoms with van der Waals surface area (Å²) in [4.78, 5) is 42.9. The third kappa shape index (κ3) is 3.87. The van der Waals surface area contributed by atoms with E-state index < -0.39 is 5.92 Å². The molecule has 2 aliphatic rings. The SMILES string of the molecule is COC(=O)[C@@H]1CC(=O)N(c2ccccc2N2CCN(C(=O)c3ccccc3)CC2)C1. The predicted molar refractivity (Wildman–Crippen MR) is 113 cm³/mol. The van der Waals surface area contributed by atoms with Crippen LogP contribution in [0.2, 0.25) is 0 Å². The number of piperazine rings is 1. The lowest BCUT2D eigenvalue weighted by atomic mass is 10.1. The number of anilines is 2. The fraction of sp³-hybridized carbons (Fsp3) is 0.348. The van der Waals surface area contributed by atoms with Crippen LogP contribution < -0.4 is 9.80 Å². The molecule has 4 rings (SSSR count). The van der Waals surface area contributed by atoms with Crippen LogP contribution in [0, 0.1) is 5.92 Å². The summed E-state index contributed by atoms with van der Waals surface area (Å²) in [6.45, 7) is 2.91. The molecule has 0 unspecified atom stereocenters. The van der Waals surface area contributed by atoms with Crippen molar-refractivity contribution in [2.75, 3.05) is 49.6 Å². The summed E-state index contributed by atoms with van der Waals surface area (Å²) in [7, 11) is 1.35. The largest absolute Gasteiger partial charge is 0.469 e. The van der Waals surface area contributed by atoms with Crippen LogP contribution in [0.1, 0.15) is 16.8 Å². The third-order valence-electron chi connectivity index (χ3n) is 5.76. The molecule has 0 saturated carbocycles. The Hall–Kier alpha value is -3.35. The highest BCUT2D eigenvalue weighted by Gasteiger charge is 2.37. The number of rotatable bonds is 4. The van der Waals surface area contributed by atoms with Crippen molar-refractivity contribution < 1.29 is 19.1 Å². The Morgan fingerprint density at radius 1 is 0.900 bits per heavy atom. The van der Waals surface area contributed by atoms with E-state index >= 15 is 0 Å². The number of methoxy groups -OCH3 is 1. The monoisotopic (exact) mass is 407 g/mol. The summed E-state index contributed by atoms with van der Waals surface area (Å²) in [5, 5.41) is 0. The van der Waals surface area contributed by atoms with Crippen molar-refractivity contribution in [1.82, 2.24) is 4.90 Å². The molecule has 0 N–H and O–H groups in total. The van der Waals surface area contributed by atoms with Crippen LogP contribution in [0.5, 0.6) is 0 Å². The first-order valence-electron chi connectivity index (χ1n) is 10.1. The van der Waals surface area contributed by atoms with Gasteiger partial charge >= 0.3 is 5.97 Å². The highest BCUT2D eigenvalue weighted by molar-refractivity contribution is 6.02. The second kappa shape index (κ2) is 8.57. The number of para-hydroxylation sites is 2. The number of hydrogen-bond donors (Lipinski definition) is 0. The van der Waals surface area contributed by atoms with Crippen molar-refractivity contribution in [2.45, 2.75) is 6.42 Å². The molecule has 2 aromatic carbocycles. The van der Waals surface area contributed by atoms with Gasteiger partial charge in [-0.2, -0.15) is 0 Å². The molecule has 2 aliphatic heterocycles. The molecular weight excluding hydrogens is 382 g/mol. The van der Waals surface area contributed by atoms with Gasteiger partial charge in [0.1, 0.15) is 0 Å². The molecule has 0 spiro atoms. The maximum absolute atomic E-state index is 12.7. The fourth-order valence-electron chi connectivity index (χ4n) is 4.14. The predicted octanol–water partition coefficient (Wildman–Crippen LogP) is 2.17. The first kappa shape index (κ1) is 19.9.